The predicted octanol–water partition coefficient (Wildman–Crippen LogP) is 1.00. The topological polar surface area (TPSA) is 91.6 Å². The maximum atomic E-state index is 10.8. The fourth-order valence-electron chi connectivity index (χ4n) is 0.322. The van der Waals surface area contributed by atoms with Gasteiger partial charge >= 0.3 is 0 Å². The maximum absolute atomic E-state index is 10.8. The van der Waals surface area contributed by atoms with Crippen molar-refractivity contribution in [3.05, 3.63) is 0 Å². The third kappa shape index (κ3) is 3.65. The van der Waals surface area contributed by atoms with Gasteiger partial charge in [0, 0.05) is 0 Å². The number of hydrogen-bond donors (Lipinski definition) is 1. The molecule has 0 bridgehead atoms. The number of nitrogens with zero attached hydrogens (tertiary/aromatic N) is 3. The molecule has 0 saturated carbocycles. The van der Waals surface area contributed by atoms with Crippen LogP contribution in [0.4, 0.5) is 0 Å². The van der Waals surface area contributed by atoms with Crippen molar-refractivity contribution in [1.82, 2.24) is 0 Å². The second kappa shape index (κ2) is 3.52. The molecule has 5 nitrogen and oxygen atoms in total. The summed E-state index contributed by atoms with van der Waals surface area (Å²) >= 11 is 0. The van der Waals surface area contributed by atoms with Gasteiger partial charge in [0.05, 0.1) is 6.07 Å². The number of carbonyl (C=O) groups is 1. The van der Waals surface area contributed by atoms with E-state index in [0.717, 1.165) is 0 Å². The number of rotatable bonds is 3. The highest BCUT2D eigenvalue weighted by atomic mass is 16.1. The standard InChI is InChI=1S/C8H14N4O/c1-7(2,5-9)11-12-8(3,4)6(10)13/h1-4H3,(H2,10,13). The molecule has 5 heteroatoms. The van der Waals surface area contributed by atoms with Crippen LogP contribution >= 0.6 is 0 Å². The molecule has 0 aliphatic heterocycles. The minimum absolute atomic E-state index is 0.565. The van der Waals surface area contributed by atoms with E-state index in [9.17, 15) is 4.79 Å². The van der Waals surface area contributed by atoms with Crippen molar-refractivity contribution in [2.75, 3.05) is 0 Å². The maximum Gasteiger partial charge on any atom is 0.246 e. The number of hydrogen-bond acceptors (Lipinski definition) is 4. The lowest BCUT2D eigenvalue weighted by Gasteiger charge is -2.15. The smallest absolute Gasteiger partial charge is 0.246 e. The minimum atomic E-state index is -1.05. The molecule has 0 saturated heterocycles. The molecule has 1 amide bonds. The molecule has 0 aliphatic rings. The van der Waals surface area contributed by atoms with Crippen LogP contribution in [0.3, 0.4) is 0 Å². The van der Waals surface area contributed by atoms with Crippen molar-refractivity contribution in [3.63, 3.8) is 0 Å². The highest BCUT2D eigenvalue weighted by Gasteiger charge is 2.26. The van der Waals surface area contributed by atoms with Gasteiger partial charge in [-0.2, -0.15) is 15.5 Å². The van der Waals surface area contributed by atoms with Crippen LogP contribution in [0.2, 0.25) is 0 Å². The molecule has 0 aromatic carbocycles. The Labute approximate surface area is 77.6 Å². The van der Waals surface area contributed by atoms with Gasteiger partial charge in [-0.15, -0.1) is 0 Å². The lowest BCUT2D eigenvalue weighted by molar-refractivity contribution is -0.122. The van der Waals surface area contributed by atoms with Crippen LogP contribution in [-0.2, 0) is 4.79 Å². The van der Waals surface area contributed by atoms with Crippen molar-refractivity contribution in [2.45, 2.75) is 38.8 Å². The number of amides is 1. The molecule has 72 valence electrons. The first kappa shape index (κ1) is 11.6. The normalized spacial score (nSPS) is 12.8. The van der Waals surface area contributed by atoms with Crippen molar-refractivity contribution in [3.8, 4) is 6.07 Å². The van der Waals surface area contributed by atoms with Gasteiger partial charge in [-0.25, -0.2) is 0 Å². The molecule has 0 atom stereocenters. The molecule has 0 heterocycles. The van der Waals surface area contributed by atoms with Crippen LogP contribution in [0.5, 0.6) is 0 Å². The van der Waals surface area contributed by atoms with Gasteiger partial charge in [0.15, 0.2) is 11.1 Å². The molecule has 0 unspecified atom stereocenters. The Morgan fingerprint density at radius 2 is 1.77 bits per heavy atom. The molecule has 0 aromatic rings. The molecule has 0 spiro atoms. The van der Waals surface area contributed by atoms with E-state index in [0.29, 0.717) is 0 Å². The summed E-state index contributed by atoms with van der Waals surface area (Å²) in [6.45, 7) is 6.31. The molecule has 0 fully saturated rings. The van der Waals surface area contributed by atoms with E-state index in [1.807, 2.05) is 6.07 Å². The Morgan fingerprint density at radius 3 is 2.08 bits per heavy atom. The predicted molar refractivity (Wildman–Crippen MR) is 47.8 cm³/mol. The number of carbonyl (C=O) groups excluding carboxylic acids is 1. The molecule has 2 N–H and O–H groups in total. The fourth-order valence-corrected chi connectivity index (χ4v) is 0.322. The summed E-state index contributed by atoms with van der Waals surface area (Å²) in [5.41, 5.74) is 3.11. The zero-order valence-electron chi connectivity index (χ0n) is 8.33. The summed E-state index contributed by atoms with van der Waals surface area (Å²) in [4.78, 5) is 10.8. The zero-order valence-corrected chi connectivity index (χ0v) is 8.33. The Hall–Kier alpha value is -1.44. The number of azo groups is 1. The van der Waals surface area contributed by atoms with Gasteiger partial charge in [-0.05, 0) is 27.7 Å². The van der Waals surface area contributed by atoms with E-state index in [1.54, 1.807) is 27.7 Å². The molecule has 0 radical (unpaired) electrons. The first-order valence-electron chi connectivity index (χ1n) is 3.86. The van der Waals surface area contributed by atoms with Crippen LogP contribution < -0.4 is 5.73 Å². The summed E-state index contributed by atoms with van der Waals surface area (Å²) in [7, 11) is 0. The van der Waals surface area contributed by atoms with Crippen molar-refractivity contribution >= 4 is 5.91 Å². The van der Waals surface area contributed by atoms with Crippen molar-refractivity contribution in [1.29, 1.82) is 5.26 Å². The largest absolute Gasteiger partial charge is 0.368 e. The number of nitriles is 1. The Kier molecular flexibility index (Phi) is 3.13. The summed E-state index contributed by atoms with van der Waals surface area (Å²) in [6.07, 6.45) is 0. The van der Waals surface area contributed by atoms with Crippen LogP contribution in [0.25, 0.3) is 0 Å². The number of nitrogens with two attached hydrogens (primary N) is 1. The second-order valence-corrected chi connectivity index (χ2v) is 3.79. The monoisotopic (exact) mass is 182 g/mol. The third-order valence-corrected chi connectivity index (χ3v) is 1.43. The average molecular weight is 182 g/mol. The van der Waals surface area contributed by atoms with Gasteiger partial charge in [0.2, 0.25) is 5.91 Å². The fraction of sp³-hybridized carbons (Fsp3) is 0.750. The third-order valence-electron chi connectivity index (χ3n) is 1.43. The van der Waals surface area contributed by atoms with E-state index in [4.69, 9.17) is 11.0 Å². The molecule has 13 heavy (non-hydrogen) atoms. The highest BCUT2D eigenvalue weighted by Crippen LogP contribution is 2.14. The molecule has 0 aliphatic carbocycles. The van der Waals surface area contributed by atoms with Crippen LogP contribution in [0.1, 0.15) is 27.7 Å². The highest BCUT2D eigenvalue weighted by molar-refractivity contribution is 5.83. The second-order valence-electron chi connectivity index (χ2n) is 3.79. The van der Waals surface area contributed by atoms with Gasteiger partial charge in [0.25, 0.3) is 0 Å². The van der Waals surface area contributed by atoms with Crippen LogP contribution in [0.15, 0.2) is 10.2 Å². The van der Waals surface area contributed by atoms with Crippen molar-refractivity contribution in [2.24, 2.45) is 16.0 Å². The van der Waals surface area contributed by atoms with E-state index >= 15 is 0 Å². The lowest BCUT2D eigenvalue weighted by atomic mass is 10.1. The van der Waals surface area contributed by atoms with E-state index < -0.39 is 17.0 Å². The first-order valence-corrected chi connectivity index (χ1v) is 3.86. The van der Waals surface area contributed by atoms with Crippen LogP contribution in [0, 0.1) is 11.3 Å². The minimum Gasteiger partial charge on any atom is -0.368 e. The molecule has 0 rings (SSSR count). The Bertz CT molecular complexity index is 272. The summed E-state index contributed by atoms with van der Waals surface area (Å²) < 4.78 is 0. The summed E-state index contributed by atoms with van der Waals surface area (Å²) in [5.74, 6) is -0.565. The van der Waals surface area contributed by atoms with Gasteiger partial charge < -0.3 is 5.73 Å². The molecule has 0 aromatic heterocycles. The van der Waals surface area contributed by atoms with E-state index in [2.05, 4.69) is 10.2 Å². The quantitative estimate of drug-likeness (QED) is 0.659. The molecular weight excluding hydrogens is 168 g/mol. The summed E-state index contributed by atoms with van der Waals surface area (Å²) in [6, 6.07) is 1.94. The van der Waals surface area contributed by atoms with Crippen LogP contribution in [-0.4, -0.2) is 17.0 Å². The Balaban J connectivity index is 4.64. The van der Waals surface area contributed by atoms with Gasteiger partial charge in [-0.3, -0.25) is 4.79 Å². The zero-order chi connectivity index (χ0) is 10.7. The van der Waals surface area contributed by atoms with Gasteiger partial charge in [-0.1, -0.05) is 0 Å². The first-order chi connectivity index (χ1) is 5.71. The molecular formula is C8H14N4O. The van der Waals surface area contributed by atoms with Crippen molar-refractivity contribution < 1.29 is 4.79 Å². The van der Waals surface area contributed by atoms with E-state index in [-0.39, 0.29) is 0 Å². The SMILES string of the molecule is CC(C)(C#N)N=NC(C)(C)C(N)=O. The van der Waals surface area contributed by atoms with E-state index in [1.165, 1.54) is 0 Å². The average Bonchev–Trinajstić information content (AvgIpc) is 2.01. The Morgan fingerprint density at radius 1 is 1.31 bits per heavy atom. The lowest BCUT2D eigenvalue weighted by Crippen LogP contribution is -2.36. The number of primary amides is 1. The van der Waals surface area contributed by atoms with Gasteiger partial charge in [0.1, 0.15) is 0 Å². The summed E-state index contributed by atoms with van der Waals surface area (Å²) in [5, 5.41) is 16.1.